The first-order chi connectivity index (χ1) is 19.3. The summed E-state index contributed by atoms with van der Waals surface area (Å²) in [5.41, 5.74) is 4.52. The smallest absolute Gasteiger partial charge is 0.469 e. The monoisotopic (exact) mass is 632 g/mol. The Hall–Kier alpha value is -2.63. The first kappa shape index (κ1) is 35.6. The summed E-state index contributed by atoms with van der Waals surface area (Å²) < 4.78 is 25.8. The molecular formula is C20H33N4O17P. The zero-order valence-electron chi connectivity index (χ0n) is 21.7. The lowest BCUT2D eigenvalue weighted by Crippen LogP contribution is -2.67. The number of phosphoric ester groups is 1. The van der Waals surface area contributed by atoms with E-state index in [1.54, 1.807) is 0 Å². The van der Waals surface area contributed by atoms with Crippen molar-refractivity contribution in [3.63, 3.8) is 0 Å². The summed E-state index contributed by atoms with van der Waals surface area (Å²) in [6.07, 6.45) is -11.8. The van der Waals surface area contributed by atoms with Crippen LogP contribution in [0, 0.1) is 0 Å². The summed E-state index contributed by atoms with van der Waals surface area (Å²) >= 11 is 0. The van der Waals surface area contributed by atoms with E-state index in [1.165, 1.54) is 12.3 Å². The molecule has 3 heterocycles. The molecule has 3 rings (SSSR count). The van der Waals surface area contributed by atoms with E-state index in [4.69, 9.17) is 35.2 Å². The zero-order valence-corrected chi connectivity index (χ0v) is 22.6. The molecule has 0 aromatic carbocycles. The summed E-state index contributed by atoms with van der Waals surface area (Å²) in [4.78, 5) is 54.4. The number of carbonyl (C=O) groups excluding carboxylic acids is 1. The molecule has 0 spiro atoms. The van der Waals surface area contributed by atoms with E-state index in [0.717, 1.165) is 11.5 Å². The minimum absolute atomic E-state index is 0.0225. The second-order valence-electron chi connectivity index (χ2n) is 9.29. The summed E-state index contributed by atoms with van der Waals surface area (Å²) in [7, 11) is -4.74. The van der Waals surface area contributed by atoms with Gasteiger partial charge in [-0.25, -0.2) is 14.2 Å². The van der Waals surface area contributed by atoms with Crippen molar-refractivity contribution in [2.24, 2.45) is 0 Å². The average Bonchev–Trinajstić information content (AvgIpc) is 3.16. The Labute approximate surface area is 235 Å². The number of carboxylic acids is 1. The van der Waals surface area contributed by atoms with E-state index in [1.807, 2.05) is 0 Å². The van der Waals surface area contributed by atoms with Gasteiger partial charge in [0.15, 0.2) is 6.23 Å². The number of anilines is 1. The van der Waals surface area contributed by atoms with Crippen molar-refractivity contribution in [3.05, 3.63) is 22.7 Å². The molecule has 1 aromatic rings. The molecular weight excluding hydrogens is 599 g/mol. The maximum Gasteiger partial charge on any atom is 0.469 e. The molecule has 1 amide bonds. The lowest BCUT2D eigenvalue weighted by Gasteiger charge is -2.44. The van der Waals surface area contributed by atoms with Crippen LogP contribution in [-0.2, 0) is 28.2 Å². The van der Waals surface area contributed by atoms with Gasteiger partial charge in [-0.15, -0.1) is 0 Å². The minimum atomic E-state index is -4.74. The number of hydrogen-bond acceptors (Lipinski definition) is 16. The third-order valence-corrected chi connectivity index (χ3v) is 6.56. The standard InChI is InChI=1S/C11H19NO9.C9H14N3O8P/c1-4(14)12-7-5(15)2-11(20,10(18)19)21-9(7)8(17)6(16)3-13;10-5-1-2-12(9(15)11-5)8-7(14)6(13)4(20-8)3-19-21(16,17)18/h5-9,13,15-17,20H,2-3H2,1H3,(H,12,14)(H,18,19);1-2,4,6-8,13-14H,3H2,(H2,10,11,15)(H2,16,17,18)/t5-,6?,7+,8?,9+,11?;4-,6-,7-,8-/m01/s1. The van der Waals surface area contributed by atoms with E-state index >= 15 is 0 Å². The van der Waals surface area contributed by atoms with Crippen molar-refractivity contribution >= 4 is 25.5 Å². The number of aliphatic hydroxyl groups is 7. The SMILES string of the molecule is CC(=O)N[C@@H]1[C@@H](O)CC(O)(C(=O)O)O[C@H]1C(O)C(O)CO.Nc1ccn([C@@H]2O[C@H](COP(=O)(O)O)[C@@H](O)[C@H]2O)c(=O)n1. The Balaban J connectivity index is 0.000000293. The molecule has 2 saturated heterocycles. The summed E-state index contributed by atoms with van der Waals surface area (Å²) in [5.74, 6) is -5.20. The van der Waals surface area contributed by atoms with Gasteiger partial charge in [0.05, 0.1) is 25.4 Å². The molecule has 0 aliphatic carbocycles. The van der Waals surface area contributed by atoms with Gasteiger partial charge < -0.3 is 71.2 Å². The van der Waals surface area contributed by atoms with E-state index in [2.05, 4.69) is 14.8 Å². The molecule has 1 aromatic heterocycles. The van der Waals surface area contributed by atoms with Gasteiger partial charge in [0.2, 0.25) is 5.91 Å². The van der Waals surface area contributed by atoms with Crippen LogP contribution in [0.15, 0.2) is 17.1 Å². The molecule has 22 heteroatoms. The predicted octanol–water partition coefficient (Wildman–Crippen LogP) is -6.32. The lowest BCUT2D eigenvalue weighted by molar-refractivity contribution is -0.295. The maximum atomic E-state index is 11.6. The van der Waals surface area contributed by atoms with Crippen LogP contribution in [0.1, 0.15) is 19.6 Å². The number of rotatable bonds is 9. The molecule has 0 radical (unpaired) electrons. The lowest BCUT2D eigenvalue weighted by atomic mass is 9.88. The van der Waals surface area contributed by atoms with Crippen molar-refractivity contribution in [3.8, 4) is 0 Å². The number of nitrogens with one attached hydrogen (secondary N) is 1. The Morgan fingerprint density at radius 3 is 2.40 bits per heavy atom. The highest BCUT2D eigenvalue weighted by atomic mass is 31.2. The van der Waals surface area contributed by atoms with Gasteiger partial charge in [0, 0.05) is 19.5 Å². The minimum Gasteiger partial charge on any atom is -0.477 e. The van der Waals surface area contributed by atoms with Crippen molar-refractivity contribution in [2.45, 2.75) is 74.1 Å². The average molecular weight is 632 g/mol. The number of aliphatic hydroxyl groups excluding tert-OH is 6. The van der Waals surface area contributed by atoms with Crippen molar-refractivity contribution < 1.29 is 78.8 Å². The number of aliphatic carboxylic acids is 1. The number of nitrogens with zero attached hydrogens (tertiary/aromatic N) is 2. The molecule has 13 N–H and O–H groups in total. The maximum absolute atomic E-state index is 11.6. The van der Waals surface area contributed by atoms with E-state index in [9.17, 15) is 49.6 Å². The van der Waals surface area contributed by atoms with Crippen LogP contribution < -0.4 is 16.7 Å². The summed E-state index contributed by atoms with van der Waals surface area (Å²) in [6.45, 7) is -0.401. The number of aromatic nitrogens is 2. The zero-order chi connectivity index (χ0) is 32.2. The first-order valence-corrected chi connectivity index (χ1v) is 13.5. The number of amides is 1. The van der Waals surface area contributed by atoms with Gasteiger partial charge in [-0.3, -0.25) is 13.9 Å². The summed E-state index contributed by atoms with van der Waals surface area (Å²) in [5, 5.41) is 78.6. The van der Waals surface area contributed by atoms with Crippen LogP contribution in [0.25, 0.3) is 0 Å². The highest BCUT2D eigenvalue weighted by molar-refractivity contribution is 7.46. The molecule has 2 fully saturated rings. The van der Waals surface area contributed by atoms with Crippen LogP contribution in [-0.4, -0.2) is 140 Å². The molecule has 10 atom stereocenters. The molecule has 0 bridgehead atoms. The second-order valence-corrected chi connectivity index (χ2v) is 10.5. The Bertz CT molecular complexity index is 1200. The highest BCUT2D eigenvalue weighted by Crippen LogP contribution is 2.38. The number of ether oxygens (including phenoxy) is 2. The number of carbonyl (C=O) groups is 2. The predicted molar refractivity (Wildman–Crippen MR) is 132 cm³/mol. The van der Waals surface area contributed by atoms with Gasteiger partial charge in [0.25, 0.3) is 5.79 Å². The number of phosphoric acid groups is 1. The van der Waals surface area contributed by atoms with Crippen LogP contribution in [0.3, 0.4) is 0 Å². The molecule has 2 aliphatic rings. The fourth-order valence-corrected chi connectivity index (χ4v) is 4.36. The Morgan fingerprint density at radius 2 is 1.90 bits per heavy atom. The van der Waals surface area contributed by atoms with Crippen LogP contribution >= 0.6 is 7.82 Å². The quantitative estimate of drug-likeness (QED) is 0.113. The topological polar surface area (TPSA) is 354 Å². The Morgan fingerprint density at radius 1 is 1.29 bits per heavy atom. The van der Waals surface area contributed by atoms with Crippen molar-refractivity contribution in [1.29, 1.82) is 0 Å². The van der Waals surface area contributed by atoms with Gasteiger partial charge in [-0.1, -0.05) is 0 Å². The normalized spacial score (nSPS) is 32.8. The van der Waals surface area contributed by atoms with Gasteiger partial charge in [-0.2, -0.15) is 4.98 Å². The fourth-order valence-electron chi connectivity index (χ4n) is 4.02. The molecule has 3 unspecified atom stereocenters. The molecule has 42 heavy (non-hydrogen) atoms. The Kier molecular flexibility index (Phi) is 12.0. The number of nitrogens with two attached hydrogens (primary N) is 1. The van der Waals surface area contributed by atoms with Gasteiger partial charge >= 0.3 is 19.5 Å². The third-order valence-electron chi connectivity index (χ3n) is 6.08. The van der Waals surface area contributed by atoms with E-state index < -0.39 is 106 Å². The van der Waals surface area contributed by atoms with E-state index in [-0.39, 0.29) is 5.82 Å². The second kappa shape index (κ2) is 14.2. The largest absolute Gasteiger partial charge is 0.477 e. The van der Waals surface area contributed by atoms with Crippen molar-refractivity contribution in [2.75, 3.05) is 18.9 Å². The first-order valence-electron chi connectivity index (χ1n) is 11.9. The number of carboxylic acid groups (broad SMARTS) is 1. The molecule has 0 saturated carbocycles. The number of hydrogen-bond donors (Lipinski definition) is 12. The summed E-state index contributed by atoms with van der Waals surface area (Å²) in [6, 6.07) is 0.0295. The van der Waals surface area contributed by atoms with Gasteiger partial charge in [0.1, 0.15) is 42.4 Å². The van der Waals surface area contributed by atoms with Crippen LogP contribution in [0.2, 0.25) is 0 Å². The third kappa shape index (κ3) is 8.94. The van der Waals surface area contributed by atoms with Crippen molar-refractivity contribution in [1.82, 2.24) is 14.9 Å². The highest BCUT2D eigenvalue weighted by Gasteiger charge is 2.54. The van der Waals surface area contributed by atoms with E-state index in [0.29, 0.717) is 0 Å². The molecule has 240 valence electrons. The molecule has 21 nitrogen and oxygen atoms in total. The molecule has 2 aliphatic heterocycles. The van der Waals surface area contributed by atoms with Gasteiger partial charge in [-0.05, 0) is 6.07 Å². The number of nitrogen functional groups attached to an aromatic ring is 1. The van der Waals surface area contributed by atoms with Crippen LogP contribution in [0.5, 0.6) is 0 Å². The fraction of sp³-hybridized carbons (Fsp3) is 0.700. The van der Waals surface area contributed by atoms with Crippen LogP contribution in [0.4, 0.5) is 5.82 Å².